The minimum Gasteiger partial charge on any atom is -0.382 e. The standard InChI is InChI=1S/C13H18BrFNSi/c1-3-17(4-2)11-6-9-5-10(14)7-12(15)13(9)16-8-11/h5,7,11,16H,3-4,6,8H2,1-2H3/t11-/m1/s1. The van der Waals surface area contributed by atoms with E-state index in [1.807, 2.05) is 0 Å². The second-order valence-corrected chi connectivity index (χ2v) is 9.03. The Kier molecular flexibility index (Phi) is 4.25. The maximum atomic E-state index is 13.7. The maximum absolute atomic E-state index is 13.7. The number of rotatable bonds is 3. The lowest BCUT2D eigenvalue weighted by molar-refractivity contribution is 0.621. The van der Waals surface area contributed by atoms with Crippen LogP contribution in [0.4, 0.5) is 10.1 Å². The number of hydrogen-bond acceptors (Lipinski definition) is 1. The summed E-state index contributed by atoms with van der Waals surface area (Å²) < 4.78 is 14.6. The molecule has 0 saturated heterocycles. The SMILES string of the molecule is CC[Si](CC)[C@H]1CNc2c(F)cc(Br)cc2C1. The van der Waals surface area contributed by atoms with Gasteiger partial charge in [-0.2, -0.15) is 0 Å². The molecule has 0 bridgehead atoms. The predicted octanol–water partition coefficient (Wildman–Crippen LogP) is 4.46. The van der Waals surface area contributed by atoms with E-state index in [9.17, 15) is 4.39 Å². The van der Waals surface area contributed by atoms with E-state index in [0.717, 1.165) is 34.2 Å². The highest BCUT2D eigenvalue weighted by atomic mass is 79.9. The Morgan fingerprint density at radius 2 is 2.12 bits per heavy atom. The summed E-state index contributed by atoms with van der Waals surface area (Å²) in [6.07, 6.45) is 1.04. The lowest BCUT2D eigenvalue weighted by Crippen LogP contribution is -2.30. The molecule has 1 aromatic rings. The van der Waals surface area contributed by atoms with Crippen molar-refractivity contribution in [3.8, 4) is 0 Å². The number of hydrogen-bond donors (Lipinski definition) is 1. The Balaban J connectivity index is 2.23. The third-order valence-electron chi connectivity index (χ3n) is 3.61. The van der Waals surface area contributed by atoms with E-state index in [1.165, 1.54) is 18.2 Å². The number of benzene rings is 1. The predicted molar refractivity (Wildman–Crippen MR) is 76.8 cm³/mol. The van der Waals surface area contributed by atoms with Crippen LogP contribution in [-0.4, -0.2) is 15.3 Å². The van der Waals surface area contributed by atoms with Crippen molar-refractivity contribution >= 4 is 30.4 Å². The van der Waals surface area contributed by atoms with Gasteiger partial charge in [0, 0.05) is 11.0 Å². The highest BCUT2D eigenvalue weighted by Crippen LogP contribution is 2.35. The van der Waals surface area contributed by atoms with Crippen molar-refractivity contribution in [2.24, 2.45) is 0 Å². The fourth-order valence-corrected chi connectivity index (χ4v) is 5.70. The van der Waals surface area contributed by atoms with Gasteiger partial charge in [0.2, 0.25) is 0 Å². The van der Waals surface area contributed by atoms with Crippen LogP contribution in [0.2, 0.25) is 17.6 Å². The van der Waals surface area contributed by atoms with Crippen LogP contribution in [0.5, 0.6) is 0 Å². The highest BCUT2D eigenvalue weighted by Gasteiger charge is 2.26. The first-order valence-electron chi connectivity index (χ1n) is 6.22. The van der Waals surface area contributed by atoms with E-state index in [2.05, 4.69) is 41.2 Å². The van der Waals surface area contributed by atoms with Gasteiger partial charge in [0.15, 0.2) is 0 Å². The molecule has 1 nitrogen and oxygen atoms in total. The second-order valence-electron chi connectivity index (χ2n) is 4.57. The summed E-state index contributed by atoms with van der Waals surface area (Å²) in [7, 11) is -0.291. The normalized spacial score (nSPS) is 19.0. The van der Waals surface area contributed by atoms with Crippen LogP contribution >= 0.6 is 15.9 Å². The lowest BCUT2D eigenvalue weighted by atomic mass is 10.0. The molecule has 1 aliphatic heterocycles. The van der Waals surface area contributed by atoms with Crippen molar-refractivity contribution < 1.29 is 4.39 Å². The zero-order valence-corrected chi connectivity index (χ0v) is 12.9. The van der Waals surface area contributed by atoms with Crippen molar-refractivity contribution in [1.82, 2.24) is 0 Å². The minimum atomic E-state index is -0.291. The van der Waals surface area contributed by atoms with Crippen molar-refractivity contribution in [2.75, 3.05) is 11.9 Å². The van der Waals surface area contributed by atoms with Gasteiger partial charge in [-0.25, -0.2) is 4.39 Å². The molecule has 2 rings (SSSR count). The molecule has 0 spiro atoms. The van der Waals surface area contributed by atoms with Gasteiger partial charge in [-0.15, -0.1) is 0 Å². The Morgan fingerprint density at radius 1 is 1.41 bits per heavy atom. The number of halogens is 2. The van der Waals surface area contributed by atoms with Crippen LogP contribution in [0.1, 0.15) is 19.4 Å². The molecule has 1 radical (unpaired) electrons. The van der Waals surface area contributed by atoms with E-state index in [4.69, 9.17) is 0 Å². The molecule has 0 unspecified atom stereocenters. The van der Waals surface area contributed by atoms with Crippen molar-refractivity contribution in [3.05, 3.63) is 28.0 Å². The molecule has 4 heteroatoms. The van der Waals surface area contributed by atoms with E-state index in [-0.39, 0.29) is 14.6 Å². The Labute approximate surface area is 113 Å². The zero-order chi connectivity index (χ0) is 12.4. The first-order valence-corrected chi connectivity index (χ1v) is 9.00. The van der Waals surface area contributed by atoms with Gasteiger partial charge >= 0.3 is 0 Å². The van der Waals surface area contributed by atoms with E-state index in [1.54, 1.807) is 0 Å². The molecule has 17 heavy (non-hydrogen) atoms. The summed E-state index contributed by atoms with van der Waals surface area (Å²) in [6.45, 7) is 5.52. The van der Waals surface area contributed by atoms with Crippen LogP contribution in [0, 0.1) is 5.82 Å². The Bertz CT molecular complexity index is 407. The summed E-state index contributed by atoms with van der Waals surface area (Å²) in [5.74, 6) is -0.130. The highest BCUT2D eigenvalue weighted by molar-refractivity contribution is 9.10. The van der Waals surface area contributed by atoms with E-state index < -0.39 is 0 Å². The maximum Gasteiger partial charge on any atom is 0.147 e. The van der Waals surface area contributed by atoms with Crippen molar-refractivity contribution in [1.29, 1.82) is 0 Å². The van der Waals surface area contributed by atoms with Gasteiger partial charge in [0.05, 0.1) is 14.5 Å². The molecule has 0 fully saturated rings. The zero-order valence-electron chi connectivity index (χ0n) is 10.3. The van der Waals surface area contributed by atoms with E-state index >= 15 is 0 Å². The Morgan fingerprint density at radius 3 is 2.76 bits per heavy atom. The van der Waals surface area contributed by atoms with Gasteiger partial charge in [-0.3, -0.25) is 0 Å². The third-order valence-corrected chi connectivity index (χ3v) is 7.45. The van der Waals surface area contributed by atoms with Gasteiger partial charge in [-0.1, -0.05) is 41.9 Å². The molecule has 1 atom stereocenters. The summed E-state index contributed by atoms with van der Waals surface area (Å²) >= 11 is 3.37. The monoisotopic (exact) mass is 314 g/mol. The summed E-state index contributed by atoms with van der Waals surface area (Å²) in [5.41, 5.74) is 2.59. The minimum absolute atomic E-state index is 0.130. The fraction of sp³-hybridized carbons (Fsp3) is 0.538. The molecule has 0 aromatic heterocycles. The molecule has 1 heterocycles. The first kappa shape index (κ1) is 13.1. The van der Waals surface area contributed by atoms with Gasteiger partial charge < -0.3 is 5.32 Å². The molecule has 93 valence electrons. The molecule has 0 aliphatic carbocycles. The third kappa shape index (κ3) is 2.73. The van der Waals surface area contributed by atoms with Crippen LogP contribution in [0.25, 0.3) is 0 Å². The van der Waals surface area contributed by atoms with Crippen LogP contribution < -0.4 is 5.32 Å². The molecule has 1 aromatic carbocycles. The number of anilines is 1. The quantitative estimate of drug-likeness (QED) is 0.812. The fourth-order valence-electron chi connectivity index (χ4n) is 2.66. The van der Waals surface area contributed by atoms with Gasteiger partial charge in [0.25, 0.3) is 0 Å². The molecule has 0 saturated carbocycles. The smallest absolute Gasteiger partial charge is 0.147 e. The van der Waals surface area contributed by atoms with Crippen molar-refractivity contribution in [3.63, 3.8) is 0 Å². The molecule has 1 N–H and O–H groups in total. The van der Waals surface area contributed by atoms with Crippen LogP contribution in [0.3, 0.4) is 0 Å². The molecular formula is C13H18BrFNSi. The largest absolute Gasteiger partial charge is 0.382 e. The first-order chi connectivity index (χ1) is 8.15. The number of fused-ring (bicyclic) bond motifs is 1. The van der Waals surface area contributed by atoms with Gasteiger partial charge in [-0.05, 0) is 29.7 Å². The summed E-state index contributed by atoms with van der Waals surface area (Å²) in [4.78, 5) is 0. The topological polar surface area (TPSA) is 12.0 Å². The lowest BCUT2D eigenvalue weighted by Gasteiger charge is -2.31. The Hall–Kier alpha value is -0.353. The molecule has 0 amide bonds. The number of nitrogens with one attached hydrogen (secondary N) is 1. The second kappa shape index (κ2) is 5.53. The van der Waals surface area contributed by atoms with Crippen molar-refractivity contribution in [2.45, 2.75) is 37.9 Å². The summed E-state index contributed by atoms with van der Waals surface area (Å²) in [5, 5.41) is 3.29. The van der Waals surface area contributed by atoms with Crippen LogP contribution in [-0.2, 0) is 6.42 Å². The molecule has 1 aliphatic rings. The van der Waals surface area contributed by atoms with Gasteiger partial charge in [0.1, 0.15) is 5.82 Å². The average molecular weight is 315 g/mol. The van der Waals surface area contributed by atoms with Crippen LogP contribution in [0.15, 0.2) is 16.6 Å². The summed E-state index contributed by atoms with van der Waals surface area (Å²) in [6, 6.07) is 6.21. The average Bonchev–Trinajstić information content (AvgIpc) is 2.30. The van der Waals surface area contributed by atoms with E-state index in [0.29, 0.717) is 0 Å². The molecular weight excluding hydrogens is 297 g/mol.